The molecule has 0 aliphatic rings. The van der Waals surface area contributed by atoms with E-state index in [1.165, 1.54) is 7.11 Å². The monoisotopic (exact) mass is 295 g/mol. The second kappa shape index (κ2) is 8.89. The fourth-order valence-corrected chi connectivity index (χ4v) is 1.81. The van der Waals surface area contributed by atoms with E-state index in [4.69, 9.17) is 5.11 Å². The lowest BCUT2D eigenvalue weighted by atomic mass is 10.1. The number of nitrogens with one attached hydrogen (secondary N) is 1. The van der Waals surface area contributed by atoms with Crippen LogP contribution < -0.4 is 5.32 Å². The Morgan fingerprint density at radius 1 is 1.24 bits per heavy atom. The third kappa shape index (κ3) is 6.69. The number of nitrogens with zero attached hydrogens (tertiary/aromatic N) is 2. The number of hydrogen-bond donors (Lipinski definition) is 2. The van der Waals surface area contributed by atoms with Gasteiger partial charge in [-0.1, -0.05) is 12.8 Å². The molecule has 0 atom stereocenters. The highest BCUT2D eigenvalue weighted by Crippen LogP contribution is 2.08. The van der Waals surface area contributed by atoms with Crippen LogP contribution in [0.15, 0.2) is 6.07 Å². The van der Waals surface area contributed by atoms with Crippen molar-refractivity contribution in [3.63, 3.8) is 0 Å². The first-order valence-electron chi connectivity index (χ1n) is 6.92. The van der Waals surface area contributed by atoms with Gasteiger partial charge in [0, 0.05) is 24.7 Å². The molecule has 0 bridgehead atoms. The van der Waals surface area contributed by atoms with Crippen molar-refractivity contribution in [3.05, 3.63) is 17.6 Å². The molecule has 1 rings (SSSR count). The van der Waals surface area contributed by atoms with Crippen LogP contribution in [0.2, 0.25) is 0 Å². The number of methoxy groups -OCH3 is 1. The van der Waals surface area contributed by atoms with Crippen molar-refractivity contribution in [1.29, 1.82) is 0 Å². The van der Waals surface area contributed by atoms with Crippen LogP contribution in [0.1, 0.15) is 48.4 Å². The maximum Gasteiger partial charge on any atom is 0.376 e. The molecular formula is C14H21N3O4. The Kier molecular flexibility index (Phi) is 7.14. The Bertz CT molecular complexity index is 491. The van der Waals surface area contributed by atoms with Crippen molar-refractivity contribution in [1.82, 2.24) is 9.97 Å². The Morgan fingerprint density at radius 3 is 2.62 bits per heavy atom. The van der Waals surface area contributed by atoms with Crippen LogP contribution in [0.3, 0.4) is 0 Å². The molecule has 0 radical (unpaired) electrons. The number of anilines is 1. The molecule has 0 fully saturated rings. The lowest BCUT2D eigenvalue weighted by molar-refractivity contribution is -0.137. The normalized spacial score (nSPS) is 10.2. The molecule has 7 nitrogen and oxygen atoms in total. The van der Waals surface area contributed by atoms with E-state index in [0.717, 1.165) is 19.3 Å². The standard InChI is InChI=1S/C14H21N3O4/c1-10-9-11(17-13(16-10)14(20)21-2)15-8-6-4-3-5-7-12(18)19/h9H,3-8H2,1-2H3,(H,18,19)(H,15,16,17). The van der Waals surface area contributed by atoms with Crippen LogP contribution >= 0.6 is 0 Å². The summed E-state index contributed by atoms with van der Waals surface area (Å²) in [6, 6.07) is 1.76. The van der Waals surface area contributed by atoms with E-state index in [1.54, 1.807) is 13.0 Å². The zero-order valence-corrected chi connectivity index (χ0v) is 12.4. The Balaban J connectivity index is 2.33. The van der Waals surface area contributed by atoms with Crippen LogP contribution in [-0.2, 0) is 9.53 Å². The number of esters is 1. The van der Waals surface area contributed by atoms with Crippen molar-refractivity contribution in [2.45, 2.75) is 39.0 Å². The van der Waals surface area contributed by atoms with Gasteiger partial charge in [0.05, 0.1) is 7.11 Å². The Morgan fingerprint density at radius 2 is 1.95 bits per heavy atom. The fraction of sp³-hybridized carbons (Fsp3) is 0.571. The molecule has 0 saturated heterocycles. The molecule has 0 aliphatic heterocycles. The Labute approximate surface area is 123 Å². The molecule has 0 aliphatic carbocycles. The molecule has 1 aromatic heterocycles. The summed E-state index contributed by atoms with van der Waals surface area (Å²) in [6.07, 6.45) is 3.68. The van der Waals surface area contributed by atoms with Crippen LogP contribution in [0.4, 0.5) is 5.82 Å². The van der Waals surface area contributed by atoms with E-state index >= 15 is 0 Å². The van der Waals surface area contributed by atoms with E-state index in [-0.39, 0.29) is 12.2 Å². The van der Waals surface area contributed by atoms with Gasteiger partial charge in [-0.25, -0.2) is 14.8 Å². The smallest absolute Gasteiger partial charge is 0.376 e. The van der Waals surface area contributed by atoms with Gasteiger partial charge in [0.25, 0.3) is 0 Å². The molecule has 2 N–H and O–H groups in total. The second-order valence-corrected chi connectivity index (χ2v) is 4.69. The summed E-state index contributed by atoms with van der Waals surface area (Å²) in [4.78, 5) is 29.8. The molecule has 1 heterocycles. The lowest BCUT2D eigenvalue weighted by Gasteiger charge is -2.07. The van der Waals surface area contributed by atoms with Crippen molar-refractivity contribution in [3.8, 4) is 0 Å². The minimum absolute atomic E-state index is 0.0430. The van der Waals surface area contributed by atoms with Gasteiger partial charge < -0.3 is 15.2 Å². The van der Waals surface area contributed by atoms with Crippen LogP contribution in [-0.4, -0.2) is 40.7 Å². The number of aryl methyl sites for hydroxylation is 1. The number of carboxylic acid groups (broad SMARTS) is 1. The average Bonchev–Trinajstić information content (AvgIpc) is 2.44. The third-order valence-corrected chi connectivity index (χ3v) is 2.85. The number of aromatic nitrogens is 2. The first-order chi connectivity index (χ1) is 10.0. The topological polar surface area (TPSA) is 101 Å². The number of carbonyl (C=O) groups excluding carboxylic acids is 1. The van der Waals surface area contributed by atoms with Crippen molar-refractivity contribution >= 4 is 17.8 Å². The molecule has 7 heteroatoms. The molecule has 0 spiro atoms. The van der Waals surface area contributed by atoms with Gasteiger partial charge in [-0.05, 0) is 19.8 Å². The van der Waals surface area contributed by atoms with Crippen LogP contribution in [0.25, 0.3) is 0 Å². The maximum absolute atomic E-state index is 11.4. The molecule has 1 aromatic rings. The largest absolute Gasteiger partial charge is 0.481 e. The number of carboxylic acids is 1. The molecule has 0 unspecified atom stereocenters. The minimum Gasteiger partial charge on any atom is -0.481 e. The van der Waals surface area contributed by atoms with Gasteiger partial charge in [-0.15, -0.1) is 0 Å². The highest BCUT2D eigenvalue weighted by molar-refractivity contribution is 5.85. The Hall–Kier alpha value is -2.18. The van der Waals surface area contributed by atoms with Crippen LogP contribution in [0.5, 0.6) is 0 Å². The molecule has 0 saturated carbocycles. The summed E-state index contributed by atoms with van der Waals surface area (Å²) < 4.78 is 4.60. The number of unbranched alkanes of at least 4 members (excludes halogenated alkanes) is 3. The van der Waals surface area contributed by atoms with E-state index in [2.05, 4.69) is 20.0 Å². The summed E-state index contributed by atoms with van der Waals surface area (Å²) in [5.74, 6) is -0.676. The summed E-state index contributed by atoms with van der Waals surface area (Å²) in [5, 5.41) is 11.6. The van der Waals surface area contributed by atoms with Crippen LogP contribution in [0, 0.1) is 6.92 Å². The summed E-state index contributed by atoms with van der Waals surface area (Å²) in [7, 11) is 1.29. The maximum atomic E-state index is 11.4. The van der Waals surface area contributed by atoms with Gasteiger partial charge in [0.2, 0.25) is 5.82 Å². The summed E-state index contributed by atoms with van der Waals surface area (Å²) >= 11 is 0. The minimum atomic E-state index is -0.750. The number of hydrogen-bond acceptors (Lipinski definition) is 6. The average molecular weight is 295 g/mol. The van der Waals surface area contributed by atoms with Gasteiger partial charge in [0.1, 0.15) is 5.82 Å². The van der Waals surface area contributed by atoms with E-state index in [0.29, 0.717) is 24.5 Å². The van der Waals surface area contributed by atoms with Gasteiger partial charge in [-0.3, -0.25) is 4.79 Å². The highest BCUT2D eigenvalue weighted by Gasteiger charge is 2.11. The molecule has 0 aromatic carbocycles. The predicted octanol–water partition coefficient (Wildman–Crippen LogP) is 2.02. The number of aliphatic carboxylic acids is 1. The molecule has 116 valence electrons. The number of ether oxygens (including phenoxy) is 1. The SMILES string of the molecule is COC(=O)c1nc(C)cc(NCCCCCCC(=O)O)n1. The second-order valence-electron chi connectivity index (χ2n) is 4.69. The summed E-state index contributed by atoms with van der Waals surface area (Å²) in [6.45, 7) is 2.50. The highest BCUT2D eigenvalue weighted by atomic mass is 16.5. The van der Waals surface area contributed by atoms with Gasteiger partial charge >= 0.3 is 11.9 Å². The van der Waals surface area contributed by atoms with E-state index in [9.17, 15) is 9.59 Å². The van der Waals surface area contributed by atoms with Gasteiger partial charge in [-0.2, -0.15) is 0 Å². The van der Waals surface area contributed by atoms with Crippen molar-refractivity contribution < 1.29 is 19.4 Å². The number of rotatable bonds is 9. The quantitative estimate of drug-likeness (QED) is 0.530. The first-order valence-corrected chi connectivity index (χ1v) is 6.92. The zero-order valence-electron chi connectivity index (χ0n) is 12.4. The van der Waals surface area contributed by atoms with Crippen molar-refractivity contribution in [2.24, 2.45) is 0 Å². The van der Waals surface area contributed by atoms with Gasteiger partial charge in [0.15, 0.2) is 0 Å². The van der Waals surface area contributed by atoms with Crippen molar-refractivity contribution in [2.75, 3.05) is 19.0 Å². The molecule has 21 heavy (non-hydrogen) atoms. The zero-order chi connectivity index (χ0) is 15.7. The lowest BCUT2D eigenvalue weighted by Crippen LogP contribution is -2.12. The van der Waals surface area contributed by atoms with E-state index in [1.807, 2.05) is 0 Å². The fourth-order valence-electron chi connectivity index (χ4n) is 1.81. The molecular weight excluding hydrogens is 274 g/mol. The summed E-state index contributed by atoms with van der Waals surface area (Å²) in [5.41, 5.74) is 0.689. The third-order valence-electron chi connectivity index (χ3n) is 2.85. The van der Waals surface area contributed by atoms with E-state index < -0.39 is 11.9 Å². The predicted molar refractivity (Wildman–Crippen MR) is 77.3 cm³/mol. The molecule has 0 amide bonds. The first kappa shape index (κ1) is 16.9. The number of carbonyl (C=O) groups is 2.